The summed E-state index contributed by atoms with van der Waals surface area (Å²) < 4.78 is 6.07. The lowest BCUT2D eigenvalue weighted by Crippen LogP contribution is -2.33. The monoisotopic (exact) mass is 390 g/mol. The Morgan fingerprint density at radius 1 is 1.12 bits per heavy atom. The summed E-state index contributed by atoms with van der Waals surface area (Å²) in [6, 6.07) is 12.9. The van der Waals surface area contributed by atoms with Crippen molar-refractivity contribution < 1.29 is 14.3 Å². The summed E-state index contributed by atoms with van der Waals surface area (Å²) in [6.07, 6.45) is 0.196. The molecule has 0 heterocycles. The lowest BCUT2D eigenvalue weighted by Gasteiger charge is -2.10. The fourth-order valence-electron chi connectivity index (χ4n) is 2.17. The van der Waals surface area contributed by atoms with Gasteiger partial charge in [-0.1, -0.05) is 28.1 Å². The maximum absolute atomic E-state index is 11.9. The minimum absolute atomic E-state index is 0.0711. The Morgan fingerprint density at radius 3 is 2.62 bits per heavy atom. The van der Waals surface area contributed by atoms with Gasteiger partial charge in [0, 0.05) is 10.2 Å². The van der Waals surface area contributed by atoms with Crippen molar-refractivity contribution in [2.75, 3.05) is 19.0 Å². The number of methoxy groups -OCH3 is 1. The topological polar surface area (TPSA) is 67.4 Å². The molecule has 126 valence electrons. The van der Waals surface area contributed by atoms with E-state index in [2.05, 4.69) is 26.6 Å². The van der Waals surface area contributed by atoms with Gasteiger partial charge >= 0.3 is 0 Å². The third kappa shape index (κ3) is 5.38. The zero-order valence-corrected chi connectivity index (χ0v) is 15.1. The van der Waals surface area contributed by atoms with Crippen LogP contribution in [0.2, 0.25) is 0 Å². The number of hydrogen-bond acceptors (Lipinski definition) is 3. The van der Waals surface area contributed by atoms with Crippen LogP contribution >= 0.6 is 15.9 Å². The van der Waals surface area contributed by atoms with Gasteiger partial charge in [0.1, 0.15) is 5.75 Å². The lowest BCUT2D eigenvalue weighted by atomic mass is 10.1. The Balaban J connectivity index is 1.83. The third-order valence-corrected chi connectivity index (χ3v) is 3.90. The Labute approximate surface area is 149 Å². The van der Waals surface area contributed by atoms with Crippen molar-refractivity contribution in [3.8, 4) is 5.75 Å². The number of anilines is 1. The van der Waals surface area contributed by atoms with Crippen molar-refractivity contribution in [2.45, 2.75) is 13.3 Å². The highest BCUT2D eigenvalue weighted by Gasteiger charge is 2.09. The smallest absolute Gasteiger partial charge is 0.243 e. The maximum atomic E-state index is 11.9. The first kappa shape index (κ1) is 18.0. The van der Waals surface area contributed by atoms with E-state index in [0.29, 0.717) is 5.75 Å². The van der Waals surface area contributed by atoms with Gasteiger partial charge in [-0.3, -0.25) is 9.59 Å². The second-order valence-electron chi connectivity index (χ2n) is 5.31. The molecule has 0 fully saturated rings. The van der Waals surface area contributed by atoms with E-state index < -0.39 is 0 Å². The summed E-state index contributed by atoms with van der Waals surface area (Å²) in [4.78, 5) is 23.9. The molecule has 2 rings (SSSR count). The molecule has 2 aromatic carbocycles. The molecule has 2 N–H and O–H groups in total. The number of aryl methyl sites for hydroxylation is 1. The molecule has 0 saturated heterocycles. The lowest BCUT2D eigenvalue weighted by molar-refractivity contribution is -0.123. The zero-order chi connectivity index (χ0) is 17.5. The number of halogens is 1. The molecular formula is C18H19BrN2O3. The van der Waals surface area contributed by atoms with Gasteiger partial charge in [-0.2, -0.15) is 0 Å². The number of hydrogen-bond donors (Lipinski definition) is 2. The average molecular weight is 391 g/mol. The summed E-state index contributed by atoms with van der Waals surface area (Å²) in [5, 5.41) is 5.40. The normalized spacial score (nSPS) is 10.1. The van der Waals surface area contributed by atoms with Crippen molar-refractivity contribution >= 4 is 33.4 Å². The molecule has 0 aliphatic rings. The predicted molar refractivity (Wildman–Crippen MR) is 97.2 cm³/mol. The number of benzene rings is 2. The van der Waals surface area contributed by atoms with Gasteiger partial charge in [0.05, 0.1) is 20.1 Å². The van der Waals surface area contributed by atoms with Crippen molar-refractivity contribution in [2.24, 2.45) is 0 Å². The molecule has 0 spiro atoms. The second-order valence-corrected chi connectivity index (χ2v) is 6.23. The molecule has 5 nitrogen and oxygen atoms in total. The standard InChI is InChI=1S/C18H19BrN2O3/c1-12-8-14(19)6-7-16(12)21-18(23)11-20-17(22)10-13-4-3-5-15(9-13)24-2/h3-9H,10-11H2,1-2H3,(H,20,22)(H,21,23). The van der Waals surface area contributed by atoms with Gasteiger partial charge in [0.15, 0.2) is 0 Å². The van der Waals surface area contributed by atoms with E-state index in [4.69, 9.17) is 4.74 Å². The van der Waals surface area contributed by atoms with Crippen molar-refractivity contribution in [1.29, 1.82) is 0 Å². The molecule has 2 aromatic rings. The Bertz CT molecular complexity index is 747. The number of rotatable bonds is 6. The predicted octanol–water partition coefficient (Wildman–Crippen LogP) is 3.06. The van der Waals surface area contributed by atoms with Crippen molar-refractivity contribution in [1.82, 2.24) is 5.32 Å². The van der Waals surface area contributed by atoms with Crippen LogP contribution in [-0.4, -0.2) is 25.5 Å². The molecule has 0 radical (unpaired) electrons. The molecule has 24 heavy (non-hydrogen) atoms. The average Bonchev–Trinajstić information content (AvgIpc) is 2.56. The highest BCUT2D eigenvalue weighted by Crippen LogP contribution is 2.19. The fourth-order valence-corrected chi connectivity index (χ4v) is 2.65. The Hall–Kier alpha value is -2.34. The van der Waals surface area contributed by atoms with Gasteiger partial charge in [-0.15, -0.1) is 0 Å². The number of carbonyl (C=O) groups excluding carboxylic acids is 2. The number of amides is 2. The molecule has 0 aliphatic heterocycles. The van der Waals surface area contributed by atoms with Crippen LogP contribution < -0.4 is 15.4 Å². The van der Waals surface area contributed by atoms with Crippen LogP contribution in [0.25, 0.3) is 0 Å². The van der Waals surface area contributed by atoms with Crippen molar-refractivity contribution in [3.05, 3.63) is 58.1 Å². The molecule has 0 saturated carbocycles. The summed E-state index contributed by atoms with van der Waals surface area (Å²) in [7, 11) is 1.58. The molecule has 6 heteroatoms. The maximum Gasteiger partial charge on any atom is 0.243 e. The van der Waals surface area contributed by atoms with E-state index >= 15 is 0 Å². The minimum atomic E-state index is -0.264. The number of ether oxygens (including phenoxy) is 1. The largest absolute Gasteiger partial charge is 0.497 e. The zero-order valence-electron chi connectivity index (χ0n) is 13.6. The summed E-state index contributed by atoms with van der Waals surface area (Å²) in [5.74, 6) is 0.217. The molecule has 0 aliphatic carbocycles. The van der Waals surface area contributed by atoms with Gasteiger partial charge in [-0.05, 0) is 48.4 Å². The van der Waals surface area contributed by atoms with Crippen LogP contribution in [0.1, 0.15) is 11.1 Å². The van der Waals surface area contributed by atoms with Crippen molar-refractivity contribution in [3.63, 3.8) is 0 Å². The van der Waals surface area contributed by atoms with Gasteiger partial charge < -0.3 is 15.4 Å². The van der Waals surface area contributed by atoms with E-state index in [1.165, 1.54) is 0 Å². The molecular weight excluding hydrogens is 372 g/mol. The first-order chi connectivity index (χ1) is 11.5. The highest BCUT2D eigenvalue weighted by atomic mass is 79.9. The van der Waals surface area contributed by atoms with Crippen LogP contribution in [0.15, 0.2) is 46.9 Å². The summed E-state index contributed by atoms with van der Waals surface area (Å²) >= 11 is 3.38. The second kappa shape index (κ2) is 8.49. The Kier molecular flexibility index (Phi) is 6.37. The SMILES string of the molecule is COc1cccc(CC(=O)NCC(=O)Nc2ccc(Br)cc2C)c1. The van der Waals surface area contributed by atoms with Crippen LogP contribution in [0.5, 0.6) is 5.75 Å². The van der Waals surface area contributed by atoms with Crippen LogP contribution in [-0.2, 0) is 16.0 Å². The summed E-state index contributed by atoms with van der Waals surface area (Å²) in [5.41, 5.74) is 2.50. The van der Waals surface area contributed by atoms with Crippen LogP contribution in [0.4, 0.5) is 5.69 Å². The first-order valence-electron chi connectivity index (χ1n) is 7.43. The van der Waals surface area contributed by atoms with E-state index in [9.17, 15) is 9.59 Å². The van der Waals surface area contributed by atoms with E-state index in [1.807, 2.05) is 43.3 Å². The Morgan fingerprint density at radius 2 is 1.92 bits per heavy atom. The van der Waals surface area contributed by atoms with Crippen LogP contribution in [0.3, 0.4) is 0 Å². The fraction of sp³-hybridized carbons (Fsp3) is 0.222. The summed E-state index contributed by atoms with van der Waals surface area (Å²) in [6.45, 7) is 1.83. The molecule has 2 amide bonds. The quantitative estimate of drug-likeness (QED) is 0.796. The first-order valence-corrected chi connectivity index (χ1v) is 8.23. The highest BCUT2D eigenvalue weighted by molar-refractivity contribution is 9.10. The number of nitrogens with one attached hydrogen (secondary N) is 2. The van der Waals surface area contributed by atoms with Crippen LogP contribution in [0, 0.1) is 6.92 Å². The van der Waals surface area contributed by atoms with Gasteiger partial charge in [0.2, 0.25) is 11.8 Å². The molecule has 0 atom stereocenters. The number of carbonyl (C=O) groups is 2. The van der Waals surface area contributed by atoms with Gasteiger partial charge in [0.25, 0.3) is 0 Å². The van der Waals surface area contributed by atoms with E-state index in [1.54, 1.807) is 13.2 Å². The van der Waals surface area contributed by atoms with E-state index in [-0.39, 0.29) is 24.8 Å². The van der Waals surface area contributed by atoms with E-state index in [0.717, 1.165) is 21.3 Å². The van der Waals surface area contributed by atoms with Gasteiger partial charge in [-0.25, -0.2) is 0 Å². The molecule has 0 unspecified atom stereocenters. The molecule has 0 bridgehead atoms. The molecule has 0 aromatic heterocycles. The minimum Gasteiger partial charge on any atom is -0.497 e. The third-order valence-electron chi connectivity index (χ3n) is 3.41.